The molecule has 2 rings (SSSR count). The summed E-state index contributed by atoms with van der Waals surface area (Å²) in [6.45, 7) is 4.11. The van der Waals surface area contributed by atoms with E-state index in [4.69, 9.17) is 16.7 Å². The molecule has 0 fully saturated rings. The van der Waals surface area contributed by atoms with Gasteiger partial charge in [-0.1, -0.05) is 55.8 Å². The van der Waals surface area contributed by atoms with E-state index < -0.39 is 15.9 Å². The highest BCUT2D eigenvalue weighted by molar-refractivity contribution is 7.89. The van der Waals surface area contributed by atoms with E-state index in [-0.39, 0.29) is 15.5 Å². The molecule has 138 valence electrons. The molecule has 0 spiro atoms. The maximum atomic E-state index is 12.4. The summed E-state index contributed by atoms with van der Waals surface area (Å²) in [7, 11) is -4.03. The molecule has 2 aromatic rings. The van der Waals surface area contributed by atoms with Gasteiger partial charge in [-0.25, -0.2) is 19.0 Å². The van der Waals surface area contributed by atoms with Gasteiger partial charge >= 0.3 is 0 Å². The Hall–Kier alpha value is -2.22. The third-order valence-electron chi connectivity index (χ3n) is 3.50. The summed E-state index contributed by atoms with van der Waals surface area (Å²) in [5, 5.41) is 9.29. The summed E-state index contributed by atoms with van der Waals surface area (Å²) in [6, 6.07) is 13.4. The Morgan fingerprint density at radius 3 is 2.38 bits per heavy atom. The van der Waals surface area contributed by atoms with Gasteiger partial charge in [0, 0.05) is 5.56 Å². The summed E-state index contributed by atoms with van der Waals surface area (Å²) in [4.78, 5) is 12.1. The first-order chi connectivity index (χ1) is 12.2. The van der Waals surface area contributed by atoms with Crippen molar-refractivity contribution in [2.45, 2.75) is 25.2 Å². The van der Waals surface area contributed by atoms with Gasteiger partial charge in [0.1, 0.15) is 4.90 Å². The smallest absolute Gasteiger partial charge is 0.267 e. The Morgan fingerprint density at radius 2 is 1.81 bits per heavy atom. The quantitative estimate of drug-likeness (QED) is 0.582. The number of nitrogens with zero attached hydrogens (tertiary/aromatic N) is 1. The molecule has 0 aliphatic carbocycles. The van der Waals surface area contributed by atoms with Crippen molar-refractivity contribution in [2.75, 3.05) is 0 Å². The van der Waals surface area contributed by atoms with Crippen molar-refractivity contribution in [1.29, 1.82) is 0 Å². The lowest BCUT2D eigenvalue weighted by Gasteiger charge is -2.10. The van der Waals surface area contributed by atoms with Gasteiger partial charge in [0.15, 0.2) is 0 Å². The van der Waals surface area contributed by atoms with Crippen LogP contribution in [0.3, 0.4) is 0 Å². The number of carbonyl (C=O) groups excluding carboxylic acids is 1. The molecule has 0 heterocycles. The van der Waals surface area contributed by atoms with E-state index in [0.717, 1.165) is 17.3 Å². The van der Waals surface area contributed by atoms with Crippen molar-refractivity contribution in [3.63, 3.8) is 0 Å². The van der Waals surface area contributed by atoms with E-state index in [1.54, 1.807) is 0 Å². The second-order valence-corrected chi connectivity index (χ2v) is 8.09. The Bertz CT molecular complexity index is 926. The lowest BCUT2D eigenvalue weighted by molar-refractivity contribution is 0.0954. The second-order valence-electron chi connectivity index (χ2n) is 6.15. The van der Waals surface area contributed by atoms with Gasteiger partial charge in [-0.05, 0) is 36.1 Å². The normalized spacial score (nSPS) is 12.3. The Labute approximate surface area is 158 Å². The Balaban J connectivity index is 2.29. The van der Waals surface area contributed by atoms with Crippen molar-refractivity contribution < 1.29 is 13.2 Å². The molecule has 0 atom stereocenters. The Kier molecular flexibility index (Phi) is 6.52. The van der Waals surface area contributed by atoms with Crippen LogP contribution in [0.25, 0.3) is 0 Å². The second kappa shape index (κ2) is 8.44. The van der Waals surface area contributed by atoms with Crippen LogP contribution in [0.1, 0.15) is 36.2 Å². The fraction of sp³-hybridized carbons (Fsp3) is 0.222. The molecule has 3 N–H and O–H groups in total. The number of nitrogens with two attached hydrogens (primary N) is 1. The molecule has 0 unspecified atom stereocenters. The average Bonchev–Trinajstić information content (AvgIpc) is 2.58. The van der Waals surface area contributed by atoms with Gasteiger partial charge in [0.25, 0.3) is 5.91 Å². The maximum absolute atomic E-state index is 12.4. The number of sulfonamides is 1. The van der Waals surface area contributed by atoms with Crippen LogP contribution in [0, 0.1) is 5.92 Å². The molecule has 26 heavy (non-hydrogen) atoms. The summed E-state index contributed by atoms with van der Waals surface area (Å²) < 4.78 is 23.1. The number of hydrogen-bond donors (Lipinski definition) is 2. The first-order valence-electron chi connectivity index (χ1n) is 7.93. The third kappa shape index (κ3) is 5.39. The number of rotatable bonds is 6. The zero-order valence-corrected chi connectivity index (χ0v) is 16.0. The number of amides is 1. The lowest BCUT2D eigenvalue weighted by Crippen LogP contribution is -2.22. The van der Waals surface area contributed by atoms with Crippen LogP contribution in [0.4, 0.5) is 0 Å². The number of hydrazone groups is 1. The predicted molar refractivity (Wildman–Crippen MR) is 103 cm³/mol. The Morgan fingerprint density at radius 1 is 1.15 bits per heavy atom. The van der Waals surface area contributed by atoms with Crippen LogP contribution < -0.4 is 10.6 Å². The average molecular weight is 394 g/mol. The molecule has 0 saturated carbocycles. The van der Waals surface area contributed by atoms with Gasteiger partial charge in [-0.2, -0.15) is 5.10 Å². The minimum Gasteiger partial charge on any atom is -0.267 e. The monoisotopic (exact) mass is 393 g/mol. The molecule has 0 bridgehead atoms. The fourth-order valence-electron chi connectivity index (χ4n) is 2.29. The predicted octanol–water partition coefficient (Wildman–Crippen LogP) is 3.17. The van der Waals surface area contributed by atoms with Crippen LogP contribution in [0.15, 0.2) is 58.5 Å². The molecule has 8 heteroatoms. The molecule has 2 aromatic carbocycles. The molecule has 6 nitrogen and oxygen atoms in total. The van der Waals surface area contributed by atoms with Gasteiger partial charge in [0.2, 0.25) is 10.0 Å². The minimum absolute atomic E-state index is 0.0441. The topological polar surface area (TPSA) is 102 Å². The number of benzene rings is 2. The first-order valence-corrected chi connectivity index (χ1v) is 9.85. The number of halogens is 1. The van der Waals surface area contributed by atoms with E-state index in [9.17, 15) is 13.2 Å². The van der Waals surface area contributed by atoms with Gasteiger partial charge < -0.3 is 0 Å². The van der Waals surface area contributed by atoms with Crippen molar-refractivity contribution in [3.05, 3.63) is 64.7 Å². The zero-order valence-electron chi connectivity index (χ0n) is 14.4. The van der Waals surface area contributed by atoms with E-state index in [0.29, 0.717) is 12.3 Å². The van der Waals surface area contributed by atoms with Gasteiger partial charge in [-0.15, -0.1) is 0 Å². The van der Waals surface area contributed by atoms with Crippen LogP contribution >= 0.6 is 11.6 Å². The highest BCUT2D eigenvalue weighted by Gasteiger charge is 2.16. The number of nitrogens with one attached hydrogen (secondary N) is 1. The minimum atomic E-state index is -4.03. The molecule has 0 radical (unpaired) electrons. The summed E-state index contributed by atoms with van der Waals surface area (Å²) in [6.07, 6.45) is 0.674. The highest BCUT2D eigenvalue weighted by atomic mass is 35.5. The van der Waals surface area contributed by atoms with E-state index in [2.05, 4.69) is 24.4 Å². The summed E-state index contributed by atoms with van der Waals surface area (Å²) in [5.74, 6) is -0.209. The largest absolute Gasteiger partial charge is 0.271 e. The van der Waals surface area contributed by atoms with E-state index in [1.165, 1.54) is 12.1 Å². The highest BCUT2D eigenvalue weighted by Crippen LogP contribution is 2.21. The summed E-state index contributed by atoms with van der Waals surface area (Å²) >= 11 is 5.83. The van der Waals surface area contributed by atoms with Crippen molar-refractivity contribution >= 4 is 33.2 Å². The van der Waals surface area contributed by atoms with Gasteiger partial charge in [0.05, 0.1) is 10.7 Å². The molecule has 0 saturated heterocycles. The van der Waals surface area contributed by atoms with Crippen molar-refractivity contribution in [1.82, 2.24) is 5.43 Å². The lowest BCUT2D eigenvalue weighted by atomic mass is 10.0. The molecule has 0 aliphatic rings. The van der Waals surface area contributed by atoms with Crippen LogP contribution in [0.5, 0.6) is 0 Å². The van der Waals surface area contributed by atoms with E-state index in [1.807, 2.05) is 30.3 Å². The molecule has 0 aliphatic heterocycles. The first kappa shape index (κ1) is 20.1. The van der Waals surface area contributed by atoms with Crippen molar-refractivity contribution in [3.8, 4) is 0 Å². The van der Waals surface area contributed by atoms with Crippen LogP contribution in [-0.4, -0.2) is 20.0 Å². The number of primary sulfonamides is 1. The SMILES string of the molecule is CC(C)C/C(=N/NC(=O)c1ccc(Cl)c(S(N)(=O)=O)c1)c1ccccc1. The maximum Gasteiger partial charge on any atom is 0.271 e. The standard InChI is InChI=1S/C18H20ClN3O3S/c1-12(2)10-16(13-6-4-3-5-7-13)21-22-18(23)14-8-9-15(19)17(11-14)26(20,24)25/h3-9,11-12H,10H2,1-2H3,(H,22,23)(H2,20,24,25)/b21-16-. The van der Waals surface area contributed by atoms with E-state index >= 15 is 0 Å². The van der Waals surface area contributed by atoms with Crippen LogP contribution in [-0.2, 0) is 10.0 Å². The molecule has 0 aromatic heterocycles. The summed E-state index contributed by atoms with van der Waals surface area (Å²) in [5.41, 5.74) is 4.20. The molecular formula is C18H20ClN3O3S. The molecular weight excluding hydrogens is 374 g/mol. The fourth-order valence-corrected chi connectivity index (χ4v) is 3.36. The molecule has 1 amide bonds. The zero-order chi connectivity index (χ0) is 19.3. The van der Waals surface area contributed by atoms with Gasteiger partial charge in [-0.3, -0.25) is 4.79 Å². The van der Waals surface area contributed by atoms with Crippen LogP contribution in [0.2, 0.25) is 5.02 Å². The number of carbonyl (C=O) groups is 1. The van der Waals surface area contributed by atoms with Crippen molar-refractivity contribution in [2.24, 2.45) is 16.2 Å². The third-order valence-corrected chi connectivity index (χ3v) is 4.89. The number of hydrogen-bond acceptors (Lipinski definition) is 4.